The van der Waals surface area contributed by atoms with Crippen LogP contribution >= 0.6 is 0 Å². The molecule has 4 rings (SSSR count). The summed E-state index contributed by atoms with van der Waals surface area (Å²) in [7, 11) is 0. The predicted octanol–water partition coefficient (Wildman–Crippen LogP) is 6.53. The number of nitrogens with zero attached hydrogens (tertiary/aromatic N) is 3. The minimum Gasteiger partial charge on any atom is -0.227 e. The predicted molar refractivity (Wildman–Crippen MR) is 128 cm³/mol. The first-order valence-corrected chi connectivity index (χ1v) is 11.6. The molecule has 2 heterocycles. The fourth-order valence-corrected chi connectivity index (χ4v) is 6.00. The Morgan fingerprint density at radius 1 is 0.871 bits per heavy atom. The van der Waals surface area contributed by atoms with Crippen LogP contribution in [0.4, 0.5) is 0 Å². The van der Waals surface area contributed by atoms with E-state index >= 15 is 0 Å². The first-order valence-electron chi connectivity index (χ1n) is 11.6. The molecular formula is C28H36N3+. The number of hydrogen-bond acceptors (Lipinski definition) is 2. The van der Waals surface area contributed by atoms with Gasteiger partial charge in [-0.05, 0) is 76.8 Å². The second kappa shape index (κ2) is 7.55. The second-order valence-electron chi connectivity index (χ2n) is 9.96. The summed E-state index contributed by atoms with van der Waals surface area (Å²) in [6.07, 6.45) is 5.34. The van der Waals surface area contributed by atoms with Crippen molar-refractivity contribution in [1.82, 2.24) is 9.97 Å². The van der Waals surface area contributed by atoms with Crippen LogP contribution in [0, 0.1) is 27.7 Å². The standard InChI is InChI=1S/C28H36N3/c1-9-11-28(8)27(7,10-2)24-21(6)13-20(5)16-23(24)26-30-25(29-17-31(26)28)22-14-18(3)12-19(4)15-22/h12-17H,9-11H2,1-8H3/q+1. The smallest absolute Gasteiger partial charge is 0.227 e. The minimum atomic E-state index is -0.0834. The molecule has 0 amide bonds. The lowest BCUT2D eigenvalue weighted by atomic mass is 9.59. The maximum atomic E-state index is 5.22. The molecule has 3 aromatic rings. The summed E-state index contributed by atoms with van der Waals surface area (Å²) in [6.45, 7) is 18.2. The average molecular weight is 415 g/mol. The van der Waals surface area contributed by atoms with E-state index < -0.39 is 0 Å². The van der Waals surface area contributed by atoms with E-state index in [-0.39, 0.29) is 11.0 Å². The average Bonchev–Trinajstić information content (AvgIpc) is 2.71. The number of benzene rings is 2. The van der Waals surface area contributed by atoms with Crippen molar-refractivity contribution in [3.8, 4) is 22.8 Å². The van der Waals surface area contributed by atoms with Crippen LogP contribution in [0.5, 0.6) is 0 Å². The van der Waals surface area contributed by atoms with Gasteiger partial charge in [-0.15, -0.1) is 0 Å². The van der Waals surface area contributed by atoms with Crippen molar-refractivity contribution in [2.75, 3.05) is 0 Å². The van der Waals surface area contributed by atoms with Gasteiger partial charge in [0.2, 0.25) is 6.33 Å². The van der Waals surface area contributed by atoms with E-state index in [1.807, 2.05) is 0 Å². The molecule has 2 aromatic carbocycles. The quantitative estimate of drug-likeness (QED) is 0.454. The summed E-state index contributed by atoms with van der Waals surface area (Å²) in [4.78, 5) is 10.1. The van der Waals surface area contributed by atoms with Gasteiger partial charge in [0.1, 0.15) is 0 Å². The van der Waals surface area contributed by atoms with Crippen molar-refractivity contribution in [3.63, 3.8) is 0 Å². The maximum absolute atomic E-state index is 5.22. The Morgan fingerprint density at radius 2 is 1.52 bits per heavy atom. The van der Waals surface area contributed by atoms with Gasteiger partial charge in [0.15, 0.2) is 0 Å². The first-order chi connectivity index (χ1) is 14.6. The number of hydrogen-bond donors (Lipinski definition) is 0. The van der Waals surface area contributed by atoms with E-state index in [1.165, 1.54) is 33.4 Å². The zero-order chi connectivity index (χ0) is 22.6. The Kier molecular flexibility index (Phi) is 5.28. The molecule has 0 saturated carbocycles. The molecule has 31 heavy (non-hydrogen) atoms. The van der Waals surface area contributed by atoms with Gasteiger partial charge in [0.05, 0.1) is 16.7 Å². The number of rotatable bonds is 4. The highest BCUT2D eigenvalue weighted by molar-refractivity contribution is 5.68. The van der Waals surface area contributed by atoms with E-state index in [4.69, 9.17) is 9.97 Å². The third-order valence-electron chi connectivity index (χ3n) is 7.65. The Bertz CT molecular complexity index is 1140. The van der Waals surface area contributed by atoms with E-state index in [0.29, 0.717) is 0 Å². The number of aryl methyl sites for hydroxylation is 4. The molecule has 2 unspecified atom stereocenters. The molecule has 3 heteroatoms. The van der Waals surface area contributed by atoms with Crippen molar-refractivity contribution < 1.29 is 4.57 Å². The number of fused-ring (bicyclic) bond motifs is 3. The SMILES string of the molecule is CCCC1(C)[n+]2cnc(-c3cc(C)cc(C)c3)nc2-c2cc(C)cc(C)c2C1(C)CC. The Hall–Kier alpha value is -2.55. The Labute approximate surface area is 187 Å². The molecule has 1 aliphatic rings. The van der Waals surface area contributed by atoms with Gasteiger partial charge in [-0.25, -0.2) is 4.57 Å². The van der Waals surface area contributed by atoms with Gasteiger partial charge < -0.3 is 0 Å². The highest BCUT2D eigenvalue weighted by Gasteiger charge is 2.54. The molecule has 0 aliphatic carbocycles. The lowest BCUT2D eigenvalue weighted by Crippen LogP contribution is -2.68. The summed E-state index contributed by atoms with van der Waals surface area (Å²) in [5.41, 5.74) is 8.89. The summed E-state index contributed by atoms with van der Waals surface area (Å²) >= 11 is 0. The molecule has 1 aromatic heterocycles. The lowest BCUT2D eigenvalue weighted by molar-refractivity contribution is -0.770. The highest BCUT2D eigenvalue weighted by atomic mass is 15.2. The van der Waals surface area contributed by atoms with Crippen molar-refractivity contribution in [2.24, 2.45) is 0 Å². The van der Waals surface area contributed by atoms with Gasteiger partial charge in [0.25, 0.3) is 5.82 Å². The number of aromatic nitrogens is 3. The van der Waals surface area contributed by atoms with Crippen molar-refractivity contribution in [3.05, 3.63) is 64.5 Å². The van der Waals surface area contributed by atoms with Crippen LogP contribution in [0.15, 0.2) is 36.7 Å². The van der Waals surface area contributed by atoms with Gasteiger partial charge in [-0.1, -0.05) is 66.0 Å². The molecule has 0 spiro atoms. The summed E-state index contributed by atoms with van der Waals surface area (Å²) in [5, 5.41) is 0. The molecule has 3 nitrogen and oxygen atoms in total. The molecule has 0 N–H and O–H groups in total. The molecular weight excluding hydrogens is 378 g/mol. The molecule has 162 valence electrons. The van der Waals surface area contributed by atoms with Crippen molar-refractivity contribution in [2.45, 2.75) is 85.6 Å². The Morgan fingerprint density at radius 3 is 2.13 bits per heavy atom. The van der Waals surface area contributed by atoms with Crippen LogP contribution in [0.25, 0.3) is 22.8 Å². The van der Waals surface area contributed by atoms with Crippen LogP contribution in [-0.2, 0) is 11.0 Å². The summed E-state index contributed by atoms with van der Waals surface area (Å²) in [5.74, 6) is 1.86. The maximum Gasteiger partial charge on any atom is 0.307 e. The molecule has 0 radical (unpaired) electrons. The normalized spacial score (nSPS) is 22.2. The highest BCUT2D eigenvalue weighted by Crippen LogP contribution is 2.51. The van der Waals surface area contributed by atoms with Crippen LogP contribution in [-0.4, -0.2) is 9.97 Å². The molecule has 1 aliphatic heterocycles. The third-order valence-corrected chi connectivity index (χ3v) is 7.65. The first kappa shape index (κ1) is 21.7. The fourth-order valence-electron chi connectivity index (χ4n) is 6.00. The molecule has 0 fully saturated rings. The van der Waals surface area contributed by atoms with Crippen LogP contribution in [0.2, 0.25) is 0 Å². The van der Waals surface area contributed by atoms with Gasteiger partial charge in [-0.2, -0.15) is 0 Å². The Balaban J connectivity index is 2.07. The fraction of sp³-hybridized carbons (Fsp3) is 0.464. The van der Waals surface area contributed by atoms with E-state index in [0.717, 1.165) is 36.5 Å². The zero-order valence-electron chi connectivity index (χ0n) is 20.4. The second-order valence-corrected chi connectivity index (χ2v) is 9.96. The third kappa shape index (κ3) is 3.21. The van der Waals surface area contributed by atoms with Crippen LogP contribution < -0.4 is 4.57 Å². The van der Waals surface area contributed by atoms with Crippen LogP contribution in [0.3, 0.4) is 0 Å². The van der Waals surface area contributed by atoms with Gasteiger partial charge >= 0.3 is 5.82 Å². The van der Waals surface area contributed by atoms with Crippen molar-refractivity contribution >= 4 is 0 Å². The zero-order valence-corrected chi connectivity index (χ0v) is 20.4. The van der Waals surface area contributed by atoms with Gasteiger partial charge in [0, 0.05) is 5.41 Å². The van der Waals surface area contributed by atoms with Crippen molar-refractivity contribution in [1.29, 1.82) is 0 Å². The molecule has 2 atom stereocenters. The lowest BCUT2D eigenvalue weighted by Gasteiger charge is -2.50. The van der Waals surface area contributed by atoms with Crippen LogP contribution in [0.1, 0.15) is 74.8 Å². The minimum absolute atomic E-state index is 0.0125. The van der Waals surface area contributed by atoms with E-state index in [2.05, 4.69) is 96.6 Å². The van der Waals surface area contributed by atoms with Gasteiger partial charge in [-0.3, -0.25) is 0 Å². The van der Waals surface area contributed by atoms with E-state index in [1.54, 1.807) is 0 Å². The summed E-state index contributed by atoms with van der Waals surface area (Å²) in [6, 6.07) is 11.2. The summed E-state index contributed by atoms with van der Waals surface area (Å²) < 4.78 is 2.38. The molecule has 0 bridgehead atoms. The molecule has 0 saturated heterocycles. The monoisotopic (exact) mass is 414 g/mol. The topological polar surface area (TPSA) is 29.7 Å². The van der Waals surface area contributed by atoms with E-state index in [9.17, 15) is 0 Å². The largest absolute Gasteiger partial charge is 0.307 e.